The molecule has 0 fully saturated rings. The number of hydrogen-bond donors (Lipinski definition) is 1. The highest BCUT2D eigenvalue weighted by Crippen LogP contribution is 2.26. The van der Waals surface area contributed by atoms with E-state index in [4.69, 9.17) is 0 Å². The topological polar surface area (TPSA) is 72.2 Å². The van der Waals surface area contributed by atoms with E-state index in [1.807, 2.05) is 12.1 Å². The van der Waals surface area contributed by atoms with E-state index in [0.29, 0.717) is 17.8 Å². The number of hydrogen-bond acceptors (Lipinski definition) is 5. The van der Waals surface area contributed by atoms with Gasteiger partial charge in [0.25, 0.3) is 5.69 Å². The van der Waals surface area contributed by atoms with Crippen molar-refractivity contribution in [3.63, 3.8) is 0 Å². The standard InChI is InChI=1S/C14H13BrN2O3S/c1-9(18)10-2-4-12(13(8-10)17(19)20)16-7-6-11-3-5-14(15)21-11/h2-5,8,16H,6-7H2,1H3. The first-order valence-electron chi connectivity index (χ1n) is 6.25. The highest BCUT2D eigenvalue weighted by atomic mass is 79.9. The van der Waals surface area contributed by atoms with Gasteiger partial charge in [0.15, 0.2) is 5.78 Å². The van der Waals surface area contributed by atoms with Crippen LogP contribution in [0.1, 0.15) is 22.2 Å². The summed E-state index contributed by atoms with van der Waals surface area (Å²) in [4.78, 5) is 23.1. The van der Waals surface area contributed by atoms with Crippen molar-refractivity contribution in [3.05, 3.63) is 54.7 Å². The summed E-state index contributed by atoms with van der Waals surface area (Å²) in [6.45, 7) is 1.98. The Morgan fingerprint density at radius 3 is 2.71 bits per heavy atom. The quantitative estimate of drug-likeness (QED) is 0.469. The highest BCUT2D eigenvalue weighted by Gasteiger charge is 2.15. The van der Waals surface area contributed by atoms with E-state index in [0.717, 1.165) is 10.2 Å². The van der Waals surface area contributed by atoms with Gasteiger partial charge in [-0.1, -0.05) is 0 Å². The lowest BCUT2D eigenvalue weighted by atomic mass is 10.1. The fourth-order valence-corrected chi connectivity index (χ4v) is 3.34. The zero-order valence-electron chi connectivity index (χ0n) is 11.3. The number of benzene rings is 1. The SMILES string of the molecule is CC(=O)c1ccc(NCCc2ccc(Br)s2)c([N+](=O)[O-])c1. The summed E-state index contributed by atoms with van der Waals surface area (Å²) in [5.41, 5.74) is 0.699. The van der Waals surface area contributed by atoms with Crippen molar-refractivity contribution in [1.82, 2.24) is 0 Å². The maximum Gasteiger partial charge on any atom is 0.293 e. The minimum atomic E-state index is -0.476. The summed E-state index contributed by atoms with van der Waals surface area (Å²) < 4.78 is 1.06. The van der Waals surface area contributed by atoms with Gasteiger partial charge in [-0.05, 0) is 53.5 Å². The van der Waals surface area contributed by atoms with Crippen molar-refractivity contribution in [2.75, 3.05) is 11.9 Å². The molecule has 0 saturated heterocycles. The smallest absolute Gasteiger partial charge is 0.293 e. The van der Waals surface area contributed by atoms with Gasteiger partial charge in [0.1, 0.15) is 5.69 Å². The third-order valence-corrected chi connectivity index (χ3v) is 4.60. The van der Waals surface area contributed by atoms with Crippen molar-refractivity contribution in [3.8, 4) is 0 Å². The van der Waals surface area contributed by atoms with Crippen LogP contribution in [0.3, 0.4) is 0 Å². The monoisotopic (exact) mass is 368 g/mol. The Hall–Kier alpha value is -1.73. The summed E-state index contributed by atoms with van der Waals surface area (Å²) in [5.74, 6) is -0.187. The number of thiophene rings is 1. The predicted octanol–water partition coefficient (Wildman–Crippen LogP) is 4.28. The van der Waals surface area contributed by atoms with Crippen LogP contribution in [-0.2, 0) is 6.42 Å². The van der Waals surface area contributed by atoms with E-state index in [-0.39, 0.29) is 11.5 Å². The van der Waals surface area contributed by atoms with Gasteiger partial charge >= 0.3 is 0 Å². The van der Waals surface area contributed by atoms with E-state index in [9.17, 15) is 14.9 Å². The second kappa shape index (κ2) is 6.82. The molecule has 110 valence electrons. The second-order valence-electron chi connectivity index (χ2n) is 4.43. The molecule has 2 aromatic rings. The fourth-order valence-electron chi connectivity index (χ4n) is 1.86. The van der Waals surface area contributed by atoms with E-state index >= 15 is 0 Å². The molecule has 1 aromatic heterocycles. The fraction of sp³-hybridized carbons (Fsp3) is 0.214. The minimum absolute atomic E-state index is 0.0740. The molecule has 1 aromatic carbocycles. The number of Topliss-reactive ketones (excluding diaryl/α,β-unsaturated/α-hetero) is 1. The van der Waals surface area contributed by atoms with Crippen LogP contribution in [-0.4, -0.2) is 17.3 Å². The van der Waals surface area contributed by atoms with Gasteiger partial charge < -0.3 is 5.32 Å². The van der Waals surface area contributed by atoms with E-state index < -0.39 is 4.92 Å². The number of nitro benzene ring substituents is 1. The van der Waals surface area contributed by atoms with Crippen LogP contribution in [0.25, 0.3) is 0 Å². The van der Waals surface area contributed by atoms with Crippen LogP contribution in [0.2, 0.25) is 0 Å². The van der Waals surface area contributed by atoms with Gasteiger partial charge in [-0.2, -0.15) is 0 Å². The number of carbonyl (C=O) groups is 1. The largest absolute Gasteiger partial charge is 0.379 e. The first-order chi connectivity index (χ1) is 9.97. The maximum atomic E-state index is 11.3. The molecule has 0 radical (unpaired) electrons. The van der Waals surface area contributed by atoms with Crippen LogP contribution < -0.4 is 5.32 Å². The number of nitrogens with zero attached hydrogens (tertiary/aromatic N) is 1. The Morgan fingerprint density at radius 2 is 2.14 bits per heavy atom. The van der Waals surface area contributed by atoms with Gasteiger partial charge in [0.2, 0.25) is 0 Å². The average Bonchev–Trinajstić information content (AvgIpc) is 2.84. The van der Waals surface area contributed by atoms with Crippen molar-refractivity contribution < 1.29 is 9.72 Å². The number of rotatable bonds is 6. The summed E-state index contributed by atoms with van der Waals surface area (Å²) in [6, 6.07) is 8.48. The summed E-state index contributed by atoms with van der Waals surface area (Å²) in [5, 5.41) is 14.1. The summed E-state index contributed by atoms with van der Waals surface area (Å²) in [7, 11) is 0. The number of anilines is 1. The molecule has 0 aliphatic rings. The van der Waals surface area contributed by atoms with Gasteiger partial charge in [-0.25, -0.2) is 0 Å². The highest BCUT2D eigenvalue weighted by molar-refractivity contribution is 9.11. The Morgan fingerprint density at radius 1 is 1.38 bits per heavy atom. The first kappa shape index (κ1) is 15.7. The molecule has 0 bridgehead atoms. The van der Waals surface area contributed by atoms with Crippen LogP contribution in [0.5, 0.6) is 0 Å². The van der Waals surface area contributed by atoms with E-state index in [1.54, 1.807) is 23.5 Å². The molecule has 1 N–H and O–H groups in total. The van der Waals surface area contributed by atoms with Gasteiger partial charge in [0.05, 0.1) is 8.71 Å². The number of nitrogens with one attached hydrogen (secondary N) is 1. The molecular weight excluding hydrogens is 356 g/mol. The molecule has 0 aliphatic carbocycles. The minimum Gasteiger partial charge on any atom is -0.379 e. The Kier molecular flexibility index (Phi) is 5.08. The molecule has 0 unspecified atom stereocenters. The molecule has 7 heteroatoms. The normalized spacial score (nSPS) is 10.4. The van der Waals surface area contributed by atoms with Crippen molar-refractivity contribution in [2.24, 2.45) is 0 Å². The molecule has 0 aliphatic heterocycles. The zero-order chi connectivity index (χ0) is 15.4. The van der Waals surface area contributed by atoms with Gasteiger partial charge in [-0.3, -0.25) is 14.9 Å². The number of nitro groups is 1. The Balaban J connectivity index is 2.08. The molecular formula is C14H13BrN2O3S. The third kappa shape index (κ3) is 4.12. The van der Waals surface area contributed by atoms with Crippen molar-refractivity contribution >= 4 is 44.4 Å². The number of ketones is 1. The molecule has 2 rings (SSSR count). The van der Waals surface area contributed by atoms with Crippen LogP contribution in [0.15, 0.2) is 34.1 Å². The average molecular weight is 369 g/mol. The second-order valence-corrected chi connectivity index (χ2v) is 6.98. The van der Waals surface area contributed by atoms with Crippen LogP contribution in [0.4, 0.5) is 11.4 Å². The molecule has 1 heterocycles. The lowest BCUT2D eigenvalue weighted by molar-refractivity contribution is -0.384. The number of carbonyl (C=O) groups excluding carboxylic acids is 1. The summed E-state index contributed by atoms with van der Waals surface area (Å²) >= 11 is 5.04. The molecule has 0 spiro atoms. The molecule has 0 saturated carbocycles. The summed E-state index contributed by atoms with van der Waals surface area (Å²) in [6.07, 6.45) is 0.780. The molecule has 0 atom stereocenters. The molecule has 21 heavy (non-hydrogen) atoms. The van der Waals surface area contributed by atoms with E-state index in [1.165, 1.54) is 17.9 Å². The Labute approximate surface area is 134 Å². The third-order valence-electron chi connectivity index (χ3n) is 2.92. The van der Waals surface area contributed by atoms with Crippen molar-refractivity contribution in [1.29, 1.82) is 0 Å². The predicted molar refractivity (Wildman–Crippen MR) is 87.3 cm³/mol. The lowest BCUT2D eigenvalue weighted by Crippen LogP contribution is -2.07. The lowest BCUT2D eigenvalue weighted by Gasteiger charge is -2.07. The van der Waals surface area contributed by atoms with Gasteiger partial charge in [0, 0.05) is 23.1 Å². The van der Waals surface area contributed by atoms with Crippen molar-refractivity contribution in [2.45, 2.75) is 13.3 Å². The van der Waals surface area contributed by atoms with Crippen LogP contribution in [0, 0.1) is 10.1 Å². The van der Waals surface area contributed by atoms with E-state index in [2.05, 4.69) is 21.2 Å². The van der Waals surface area contributed by atoms with Crippen LogP contribution >= 0.6 is 27.3 Å². The molecule has 0 amide bonds. The zero-order valence-corrected chi connectivity index (χ0v) is 13.7. The maximum absolute atomic E-state index is 11.3. The first-order valence-corrected chi connectivity index (χ1v) is 7.86. The Bertz CT molecular complexity index is 685. The molecule has 5 nitrogen and oxygen atoms in total. The number of halogens is 1. The van der Waals surface area contributed by atoms with Gasteiger partial charge in [-0.15, -0.1) is 11.3 Å².